The molecule has 7 nitrogen and oxygen atoms in total. The maximum Gasteiger partial charge on any atom is 0.240 e. The Balaban J connectivity index is 2.47. The van der Waals surface area contributed by atoms with Crippen molar-refractivity contribution < 1.29 is 4.79 Å². The van der Waals surface area contributed by atoms with Crippen molar-refractivity contribution in [3.05, 3.63) is 10.9 Å². The average Bonchev–Trinajstić information content (AvgIpc) is 2.76. The van der Waals surface area contributed by atoms with E-state index in [1.807, 2.05) is 20.0 Å². The smallest absolute Gasteiger partial charge is 0.240 e. The number of nitrogens with one attached hydrogen (secondary N) is 2. The number of hydrogen-bond donors (Lipinski definition) is 3. The fourth-order valence-corrected chi connectivity index (χ4v) is 2.63. The molecule has 2 heterocycles. The molecule has 0 saturated heterocycles. The largest absolute Gasteiger partial charge is 0.358 e. The summed E-state index contributed by atoms with van der Waals surface area (Å²) in [4.78, 5) is 23.8. The number of aryl methyl sites for hydroxylation is 1. The highest BCUT2D eigenvalue weighted by atomic mass is 32.1. The summed E-state index contributed by atoms with van der Waals surface area (Å²) in [6.45, 7) is 2.23. The molecule has 0 bridgehead atoms. The van der Waals surface area contributed by atoms with Crippen LogP contribution in [0.1, 0.15) is 4.88 Å². The number of carbonyl (C=O) groups is 1. The van der Waals surface area contributed by atoms with Crippen molar-refractivity contribution in [3.63, 3.8) is 0 Å². The number of rotatable bonds is 4. The van der Waals surface area contributed by atoms with Gasteiger partial charge in [0, 0.05) is 19.0 Å². The van der Waals surface area contributed by atoms with Crippen molar-refractivity contribution in [1.82, 2.24) is 15.3 Å². The lowest BCUT2D eigenvalue weighted by Gasteiger charge is -2.18. The van der Waals surface area contributed by atoms with Crippen LogP contribution in [0.2, 0.25) is 0 Å². The molecule has 0 fully saturated rings. The van der Waals surface area contributed by atoms with E-state index in [0.29, 0.717) is 11.8 Å². The molecule has 0 aliphatic carbocycles. The minimum atomic E-state index is -0.0801. The summed E-state index contributed by atoms with van der Waals surface area (Å²) in [6, 6.07) is 2.01. The Labute approximate surface area is 114 Å². The number of anilines is 2. The van der Waals surface area contributed by atoms with Gasteiger partial charge in [-0.15, -0.1) is 11.3 Å². The molecule has 2 aromatic heterocycles. The molecule has 2 rings (SSSR count). The second kappa shape index (κ2) is 5.37. The number of nitrogen functional groups attached to an aromatic ring is 1. The van der Waals surface area contributed by atoms with E-state index >= 15 is 0 Å². The Kier molecular flexibility index (Phi) is 3.82. The number of likely N-dealkylation sites (N-methyl/N-ethyl adjacent to an activating group) is 2. The molecule has 0 saturated carbocycles. The van der Waals surface area contributed by atoms with E-state index in [0.717, 1.165) is 15.1 Å². The van der Waals surface area contributed by atoms with E-state index in [4.69, 9.17) is 5.84 Å². The van der Waals surface area contributed by atoms with E-state index < -0.39 is 0 Å². The lowest BCUT2D eigenvalue weighted by atomic mass is 10.3. The minimum absolute atomic E-state index is 0.0801. The van der Waals surface area contributed by atoms with Gasteiger partial charge in [0.15, 0.2) is 0 Å². The molecule has 1 amide bonds. The third-order valence-electron chi connectivity index (χ3n) is 2.65. The highest BCUT2D eigenvalue weighted by molar-refractivity contribution is 7.18. The van der Waals surface area contributed by atoms with Crippen LogP contribution in [0.15, 0.2) is 6.07 Å². The Morgan fingerprint density at radius 3 is 2.89 bits per heavy atom. The van der Waals surface area contributed by atoms with Gasteiger partial charge in [0.1, 0.15) is 10.6 Å². The van der Waals surface area contributed by atoms with Crippen molar-refractivity contribution in [2.24, 2.45) is 5.84 Å². The first-order valence-corrected chi connectivity index (χ1v) is 6.53. The number of amides is 1. The molecule has 2 aromatic rings. The second-order valence-corrected chi connectivity index (χ2v) is 5.36. The normalized spacial score (nSPS) is 10.5. The van der Waals surface area contributed by atoms with Crippen molar-refractivity contribution in [3.8, 4) is 0 Å². The highest BCUT2D eigenvalue weighted by Crippen LogP contribution is 2.30. The van der Waals surface area contributed by atoms with Crippen LogP contribution >= 0.6 is 11.3 Å². The molecule has 19 heavy (non-hydrogen) atoms. The number of fused-ring (bicyclic) bond motifs is 1. The van der Waals surface area contributed by atoms with Crippen LogP contribution in [0.4, 0.5) is 11.8 Å². The van der Waals surface area contributed by atoms with Crippen LogP contribution < -0.4 is 21.5 Å². The minimum Gasteiger partial charge on any atom is -0.358 e. The summed E-state index contributed by atoms with van der Waals surface area (Å²) < 4.78 is 0. The molecule has 0 aromatic carbocycles. The number of hydrogen-bond acceptors (Lipinski definition) is 7. The predicted octanol–water partition coefficient (Wildman–Crippen LogP) is 0.468. The van der Waals surface area contributed by atoms with Gasteiger partial charge in [-0.3, -0.25) is 10.2 Å². The molecule has 0 aliphatic heterocycles. The molecule has 0 atom stereocenters. The molecule has 4 N–H and O–H groups in total. The van der Waals surface area contributed by atoms with E-state index in [-0.39, 0.29) is 12.5 Å². The first-order chi connectivity index (χ1) is 9.05. The summed E-state index contributed by atoms with van der Waals surface area (Å²) in [5.41, 5.74) is 2.45. The van der Waals surface area contributed by atoms with Gasteiger partial charge in [-0.05, 0) is 13.0 Å². The van der Waals surface area contributed by atoms with Gasteiger partial charge in [-0.25, -0.2) is 10.8 Å². The van der Waals surface area contributed by atoms with Gasteiger partial charge in [0.05, 0.1) is 11.9 Å². The van der Waals surface area contributed by atoms with Gasteiger partial charge in [0.25, 0.3) is 0 Å². The van der Waals surface area contributed by atoms with Crippen LogP contribution in [0, 0.1) is 6.92 Å². The summed E-state index contributed by atoms with van der Waals surface area (Å²) in [5, 5.41) is 3.51. The van der Waals surface area contributed by atoms with Gasteiger partial charge >= 0.3 is 0 Å². The Hall–Kier alpha value is -1.93. The fraction of sp³-hybridized carbons (Fsp3) is 0.364. The van der Waals surface area contributed by atoms with Crippen LogP contribution in [-0.4, -0.2) is 36.5 Å². The van der Waals surface area contributed by atoms with Crippen LogP contribution in [-0.2, 0) is 4.79 Å². The molecule has 102 valence electrons. The third-order valence-corrected chi connectivity index (χ3v) is 3.59. The molecule has 0 spiro atoms. The molecule has 8 heteroatoms. The molecule has 0 unspecified atom stereocenters. The summed E-state index contributed by atoms with van der Waals surface area (Å²) in [5.74, 6) is 6.32. The number of nitrogens with zero attached hydrogens (tertiary/aromatic N) is 3. The summed E-state index contributed by atoms with van der Waals surface area (Å²) in [6.07, 6.45) is 0. The topological polar surface area (TPSA) is 96.2 Å². The van der Waals surface area contributed by atoms with Crippen LogP contribution in [0.5, 0.6) is 0 Å². The van der Waals surface area contributed by atoms with E-state index in [1.165, 1.54) is 0 Å². The zero-order valence-electron chi connectivity index (χ0n) is 11.0. The average molecular weight is 280 g/mol. The Bertz CT molecular complexity index is 610. The number of hydrazine groups is 1. The Morgan fingerprint density at radius 1 is 1.53 bits per heavy atom. The van der Waals surface area contributed by atoms with E-state index in [2.05, 4.69) is 20.7 Å². The lowest BCUT2D eigenvalue weighted by molar-refractivity contribution is -0.119. The molecular weight excluding hydrogens is 264 g/mol. The van der Waals surface area contributed by atoms with Crippen molar-refractivity contribution >= 4 is 39.2 Å². The molecular formula is C11H16N6OS. The van der Waals surface area contributed by atoms with Gasteiger partial charge in [-0.2, -0.15) is 4.98 Å². The SMILES string of the molecule is CNC(=O)CN(C)c1nc(NN)nc2sc(C)cc12. The van der Waals surface area contributed by atoms with E-state index in [9.17, 15) is 4.79 Å². The maximum atomic E-state index is 11.5. The van der Waals surface area contributed by atoms with E-state index in [1.54, 1.807) is 23.3 Å². The fourth-order valence-electron chi connectivity index (χ4n) is 1.75. The third kappa shape index (κ3) is 2.74. The maximum absolute atomic E-state index is 11.5. The van der Waals surface area contributed by atoms with Gasteiger partial charge < -0.3 is 10.2 Å². The monoisotopic (exact) mass is 280 g/mol. The zero-order valence-corrected chi connectivity index (χ0v) is 11.8. The second-order valence-electron chi connectivity index (χ2n) is 4.12. The molecule has 0 aliphatic rings. The van der Waals surface area contributed by atoms with Crippen LogP contribution in [0.25, 0.3) is 10.2 Å². The Morgan fingerprint density at radius 2 is 2.26 bits per heavy atom. The summed E-state index contributed by atoms with van der Waals surface area (Å²) >= 11 is 1.56. The van der Waals surface area contributed by atoms with Crippen molar-refractivity contribution in [1.29, 1.82) is 0 Å². The number of thiophene rings is 1. The first-order valence-electron chi connectivity index (χ1n) is 5.71. The highest BCUT2D eigenvalue weighted by Gasteiger charge is 2.15. The predicted molar refractivity (Wildman–Crippen MR) is 77.3 cm³/mol. The van der Waals surface area contributed by atoms with Gasteiger partial charge in [0.2, 0.25) is 11.9 Å². The number of aromatic nitrogens is 2. The quantitative estimate of drug-likeness (QED) is 0.556. The standard InChI is InChI=1S/C11H16N6OS/c1-6-4-7-9(17(3)5-8(18)13-2)14-11(16-12)15-10(7)19-6/h4H,5,12H2,1-3H3,(H,13,18)(H,14,15,16). The number of nitrogens with two attached hydrogens (primary N) is 1. The lowest BCUT2D eigenvalue weighted by Crippen LogP contribution is -2.33. The zero-order chi connectivity index (χ0) is 14.0. The molecule has 0 radical (unpaired) electrons. The summed E-state index contributed by atoms with van der Waals surface area (Å²) in [7, 11) is 3.41. The van der Waals surface area contributed by atoms with Crippen molar-refractivity contribution in [2.45, 2.75) is 6.92 Å². The number of carbonyl (C=O) groups excluding carboxylic acids is 1. The van der Waals surface area contributed by atoms with Gasteiger partial charge in [-0.1, -0.05) is 0 Å². The first kappa shape index (κ1) is 13.5. The van der Waals surface area contributed by atoms with Crippen LogP contribution in [0.3, 0.4) is 0 Å². The van der Waals surface area contributed by atoms with Crippen molar-refractivity contribution in [2.75, 3.05) is 31.0 Å².